The standard InChI is InChI=1S/C20H37NO4/c1-4-7-9-10-11-12-13-14-17-24-19(22)18(15-8-5-2)21-20(23)25-16-6-3/h6,18H,3-5,7-17H2,1-2H3,(H,21,23). The summed E-state index contributed by atoms with van der Waals surface area (Å²) in [4.78, 5) is 23.8. The molecule has 0 bridgehead atoms. The van der Waals surface area contributed by atoms with Gasteiger partial charge in [-0.15, -0.1) is 0 Å². The SMILES string of the molecule is C=CCOC(=O)NC(CCCC)C(=O)OCCCCCCCCCC. The maximum Gasteiger partial charge on any atom is 0.408 e. The number of hydrogen-bond acceptors (Lipinski definition) is 4. The van der Waals surface area contributed by atoms with Crippen LogP contribution in [0.5, 0.6) is 0 Å². The highest BCUT2D eigenvalue weighted by Gasteiger charge is 2.22. The van der Waals surface area contributed by atoms with E-state index < -0.39 is 12.1 Å². The van der Waals surface area contributed by atoms with Crippen LogP contribution in [0.1, 0.15) is 84.5 Å². The van der Waals surface area contributed by atoms with E-state index in [0.717, 1.165) is 25.7 Å². The number of esters is 1. The first-order valence-corrected chi connectivity index (χ1v) is 9.86. The van der Waals surface area contributed by atoms with Crippen molar-refractivity contribution in [2.45, 2.75) is 90.5 Å². The Morgan fingerprint density at radius 2 is 1.52 bits per heavy atom. The minimum absolute atomic E-state index is 0.125. The van der Waals surface area contributed by atoms with Gasteiger partial charge in [0.2, 0.25) is 0 Å². The molecule has 0 aromatic rings. The molecule has 5 nitrogen and oxygen atoms in total. The molecule has 0 saturated carbocycles. The van der Waals surface area contributed by atoms with Crippen molar-refractivity contribution in [1.82, 2.24) is 5.32 Å². The molecule has 0 aliphatic heterocycles. The topological polar surface area (TPSA) is 64.6 Å². The van der Waals surface area contributed by atoms with Crippen LogP contribution in [-0.4, -0.2) is 31.3 Å². The van der Waals surface area contributed by atoms with Crippen molar-refractivity contribution in [1.29, 1.82) is 0 Å². The molecular formula is C20H37NO4. The monoisotopic (exact) mass is 355 g/mol. The van der Waals surface area contributed by atoms with Crippen molar-refractivity contribution < 1.29 is 19.1 Å². The Balaban J connectivity index is 3.92. The van der Waals surface area contributed by atoms with Gasteiger partial charge in [0.05, 0.1) is 6.61 Å². The molecule has 0 radical (unpaired) electrons. The fourth-order valence-electron chi connectivity index (χ4n) is 2.49. The molecule has 0 rings (SSSR count). The zero-order chi connectivity index (χ0) is 18.8. The molecule has 0 aromatic heterocycles. The van der Waals surface area contributed by atoms with E-state index in [0.29, 0.717) is 13.0 Å². The summed E-state index contributed by atoms with van der Waals surface area (Å²) in [5.74, 6) is -0.369. The first-order chi connectivity index (χ1) is 12.2. The third-order valence-corrected chi connectivity index (χ3v) is 4.00. The number of carbonyl (C=O) groups excluding carboxylic acids is 2. The molecule has 0 saturated heterocycles. The summed E-state index contributed by atoms with van der Waals surface area (Å²) in [5, 5.41) is 2.58. The second kappa shape index (κ2) is 17.3. The lowest BCUT2D eigenvalue weighted by Crippen LogP contribution is -2.42. The van der Waals surface area contributed by atoms with Crippen LogP contribution in [0.4, 0.5) is 4.79 Å². The largest absolute Gasteiger partial charge is 0.464 e. The van der Waals surface area contributed by atoms with Crippen LogP contribution in [0, 0.1) is 0 Å². The van der Waals surface area contributed by atoms with E-state index >= 15 is 0 Å². The fraction of sp³-hybridized carbons (Fsp3) is 0.800. The van der Waals surface area contributed by atoms with Crippen molar-refractivity contribution in [2.75, 3.05) is 13.2 Å². The third-order valence-electron chi connectivity index (χ3n) is 4.00. The van der Waals surface area contributed by atoms with E-state index in [2.05, 4.69) is 18.8 Å². The van der Waals surface area contributed by atoms with Crippen LogP contribution < -0.4 is 5.32 Å². The number of alkyl carbamates (subject to hydrolysis) is 1. The first kappa shape index (κ1) is 23.5. The van der Waals surface area contributed by atoms with E-state index in [1.54, 1.807) is 0 Å². The maximum absolute atomic E-state index is 12.2. The van der Waals surface area contributed by atoms with Crippen LogP contribution in [0.25, 0.3) is 0 Å². The molecule has 5 heteroatoms. The summed E-state index contributed by atoms with van der Waals surface area (Å²) >= 11 is 0. The van der Waals surface area contributed by atoms with Crippen LogP contribution >= 0.6 is 0 Å². The molecule has 146 valence electrons. The van der Waals surface area contributed by atoms with Gasteiger partial charge in [0.15, 0.2) is 0 Å². The normalized spacial score (nSPS) is 11.6. The zero-order valence-corrected chi connectivity index (χ0v) is 16.2. The molecule has 1 N–H and O–H groups in total. The van der Waals surface area contributed by atoms with Gasteiger partial charge in [-0.3, -0.25) is 0 Å². The predicted molar refractivity (Wildman–Crippen MR) is 102 cm³/mol. The van der Waals surface area contributed by atoms with Gasteiger partial charge in [0, 0.05) is 0 Å². The molecule has 0 aromatic carbocycles. The number of rotatable bonds is 16. The number of ether oxygens (including phenoxy) is 2. The second-order valence-electron chi connectivity index (χ2n) is 6.37. The molecule has 1 amide bonds. The Morgan fingerprint density at radius 3 is 2.12 bits per heavy atom. The van der Waals surface area contributed by atoms with Gasteiger partial charge in [0.25, 0.3) is 0 Å². The highest BCUT2D eigenvalue weighted by molar-refractivity contribution is 5.81. The highest BCUT2D eigenvalue weighted by atomic mass is 16.6. The van der Waals surface area contributed by atoms with Crippen molar-refractivity contribution in [3.05, 3.63) is 12.7 Å². The van der Waals surface area contributed by atoms with Gasteiger partial charge >= 0.3 is 12.1 Å². The van der Waals surface area contributed by atoms with Gasteiger partial charge in [-0.2, -0.15) is 0 Å². The molecule has 25 heavy (non-hydrogen) atoms. The smallest absolute Gasteiger partial charge is 0.408 e. The zero-order valence-electron chi connectivity index (χ0n) is 16.2. The lowest BCUT2D eigenvalue weighted by Gasteiger charge is -2.17. The lowest BCUT2D eigenvalue weighted by molar-refractivity contribution is -0.146. The van der Waals surface area contributed by atoms with Crippen molar-refractivity contribution >= 4 is 12.1 Å². The quantitative estimate of drug-likeness (QED) is 0.236. The summed E-state index contributed by atoms with van der Waals surface area (Å²) in [6.07, 6.45) is 12.8. The number of hydrogen-bond donors (Lipinski definition) is 1. The number of nitrogens with one attached hydrogen (secondary N) is 1. The van der Waals surface area contributed by atoms with Gasteiger partial charge in [-0.05, 0) is 12.8 Å². The molecule has 0 heterocycles. The maximum atomic E-state index is 12.2. The van der Waals surface area contributed by atoms with Gasteiger partial charge < -0.3 is 14.8 Å². The van der Waals surface area contributed by atoms with Gasteiger partial charge in [-0.1, -0.05) is 84.3 Å². The molecule has 0 spiro atoms. The molecule has 0 aliphatic rings. The number of carbonyl (C=O) groups is 2. The summed E-state index contributed by atoms with van der Waals surface area (Å²) in [5.41, 5.74) is 0. The summed E-state index contributed by atoms with van der Waals surface area (Å²) in [6, 6.07) is -0.633. The molecule has 1 atom stereocenters. The Hall–Kier alpha value is -1.52. The molecule has 0 fully saturated rings. The van der Waals surface area contributed by atoms with E-state index in [-0.39, 0.29) is 12.6 Å². The Kier molecular flexibility index (Phi) is 16.3. The first-order valence-electron chi connectivity index (χ1n) is 9.86. The van der Waals surface area contributed by atoms with Gasteiger partial charge in [0.1, 0.15) is 12.6 Å². The van der Waals surface area contributed by atoms with E-state index in [1.165, 1.54) is 44.6 Å². The van der Waals surface area contributed by atoms with Crippen LogP contribution in [0.15, 0.2) is 12.7 Å². The highest BCUT2D eigenvalue weighted by Crippen LogP contribution is 2.09. The second-order valence-corrected chi connectivity index (χ2v) is 6.37. The average Bonchev–Trinajstić information content (AvgIpc) is 2.61. The summed E-state index contributed by atoms with van der Waals surface area (Å²) in [7, 11) is 0. The number of amides is 1. The summed E-state index contributed by atoms with van der Waals surface area (Å²) < 4.78 is 10.2. The van der Waals surface area contributed by atoms with E-state index in [4.69, 9.17) is 9.47 Å². The fourth-order valence-corrected chi connectivity index (χ4v) is 2.49. The molecular weight excluding hydrogens is 318 g/mol. The van der Waals surface area contributed by atoms with Crippen LogP contribution in [-0.2, 0) is 14.3 Å². The average molecular weight is 356 g/mol. The lowest BCUT2D eigenvalue weighted by atomic mass is 10.1. The summed E-state index contributed by atoms with van der Waals surface area (Å²) in [6.45, 7) is 8.29. The third kappa shape index (κ3) is 14.5. The van der Waals surface area contributed by atoms with E-state index in [9.17, 15) is 9.59 Å². The number of unbranched alkanes of at least 4 members (excludes halogenated alkanes) is 8. The van der Waals surface area contributed by atoms with Crippen molar-refractivity contribution in [2.24, 2.45) is 0 Å². The molecule has 1 unspecified atom stereocenters. The minimum atomic E-state index is -0.633. The van der Waals surface area contributed by atoms with Crippen LogP contribution in [0.3, 0.4) is 0 Å². The predicted octanol–water partition coefficient (Wildman–Crippen LogP) is 5.14. The Morgan fingerprint density at radius 1 is 0.920 bits per heavy atom. The van der Waals surface area contributed by atoms with Crippen LogP contribution in [0.2, 0.25) is 0 Å². The minimum Gasteiger partial charge on any atom is -0.464 e. The molecule has 0 aliphatic carbocycles. The van der Waals surface area contributed by atoms with Gasteiger partial charge in [-0.25, -0.2) is 9.59 Å². The van der Waals surface area contributed by atoms with Crippen molar-refractivity contribution in [3.63, 3.8) is 0 Å². The Bertz CT molecular complexity index is 358. The Labute approximate surface area is 153 Å². The van der Waals surface area contributed by atoms with E-state index in [1.807, 2.05) is 6.92 Å². The van der Waals surface area contributed by atoms with Crippen molar-refractivity contribution in [3.8, 4) is 0 Å².